The van der Waals surface area contributed by atoms with Crippen LogP contribution in [0.15, 0.2) is 18.2 Å². The first-order valence-corrected chi connectivity index (χ1v) is 5.10. The Bertz CT molecular complexity index is 449. The number of rotatable bonds is 2. The van der Waals surface area contributed by atoms with Crippen LogP contribution in [0.4, 0.5) is 23.7 Å². The van der Waals surface area contributed by atoms with Gasteiger partial charge < -0.3 is 15.0 Å². The van der Waals surface area contributed by atoms with Gasteiger partial charge in [-0.2, -0.15) is 0 Å². The van der Waals surface area contributed by atoms with Gasteiger partial charge in [-0.1, -0.05) is 11.6 Å². The third kappa shape index (κ3) is 4.33. The minimum absolute atomic E-state index is 0.246. The van der Waals surface area contributed by atoms with E-state index < -0.39 is 18.1 Å². The van der Waals surface area contributed by atoms with Crippen molar-refractivity contribution < 1.29 is 22.7 Å². The Morgan fingerprint density at radius 1 is 1.39 bits per heavy atom. The van der Waals surface area contributed by atoms with Crippen LogP contribution in [-0.2, 0) is 0 Å². The van der Waals surface area contributed by atoms with Crippen molar-refractivity contribution in [1.82, 2.24) is 4.90 Å². The monoisotopic (exact) mass is 282 g/mol. The molecule has 1 rings (SSSR count). The molecule has 8 heteroatoms. The summed E-state index contributed by atoms with van der Waals surface area (Å²) in [4.78, 5) is 12.6. The molecular formula is C10H10ClF3N2O2. The minimum atomic E-state index is -4.81. The quantitative estimate of drug-likeness (QED) is 0.904. The SMILES string of the molecule is CN(C)C(=O)Nc1ccc(OC(F)(F)F)c(Cl)c1. The number of ether oxygens (including phenoxy) is 1. The van der Waals surface area contributed by atoms with Gasteiger partial charge in [0.15, 0.2) is 0 Å². The third-order valence-corrected chi connectivity index (χ3v) is 2.11. The molecule has 0 fully saturated rings. The van der Waals surface area contributed by atoms with E-state index in [0.29, 0.717) is 0 Å². The highest BCUT2D eigenvalue weighted by Crippen LogP contribution is 2.32. The first kappa shape index (κ1) is 14.4. The molecule has 100 valence electrons. The lowest BCUT2D eigenvalue weighted by atomic mass is 10.3. The van der Waals surface area contributed by atoms with Gasteiger partial charge in [-0.05, 0) is 18.2 Å². The van der Waals surface area contributed by atoms with Gasteiger partial charge in [0.25, 0.3) is 0 Å². The van der Waals surface area contributed by atoms with E-state index in [1.54, 1.807) is 0 Å². The Labute approximate surface area is 106 Å². The molecule has 0 aliphatic rings. The largest absolute Gasteiger partial charge is 0.573 e. The summed E-state index contributed by atoms with van der Waals surface area (Å²) >= 11 is 5.61. The summed E-state index contributed by atoms with van der Waals surface area (Å²) in [6.45, 7) is 0. The van der Waals surface area contributed by atoms with Gasteiger partial charge in [-0.15, -0.1) is 13.2 Å². The number of urea groups is 1. The Kier molecular flexibility index (Phi) is 4.28. The van der Waals surface area contributed by atoms with Gasteiger partial charge in [0.1, 0.15) is 5.75 Å². The van der Waals surface area contributed by atoms with Crippen molar-refractivity contribution in [3.05, 3.63) is 23.2 Å². The molecule has 0 saturated heterocycles. The highest BCUT2D eigenvalue weighted by atomic mass is 35.5. The molecule has 1 aromatic carbocycles. The fourth-order valence-corrected chi connectivity index (χ4v) is 1.24. The number of halogens is 4. The number of anilines is 1. The maximum atomic E-state index is 12.0. The second kappa shape index (κ2) is 5.34. The van der Waals surface area contributed by atoms with E-state index in [9.17, 15) is 18.0 Å². The molecule has 1 aromatic rings. The molecule has 0 unspecified atom stereocenters. The van der Waals surface area contributed by atoms with E-state index >= 15 is 0 Å². The number of amides is 2. The zero-order chi connectivity index (χ0) is 13.9. The second-order valence-electron chi connectivity index (χ2n) is 3.52. The second-order valence-corrected chi connectivity index (χ2v) is 3.92. The topological polar surface area (TPSA) is 41.6 Å². The van der Waals surface area contributed by atoms with Crippen LogP contribution < -0.4 is 10.1 Å². The van der Waals surface area contributed by atoms with Crippen LogP contribution in [0.5, 0.6) is 5.75 Å². The van der Waals surface area contributed by atoms with E-state index in [1.165, 1.54) is 31.1 Å². The summed E-state index contributed by atoms with van der Waals surface area (Å²) in [5, 5.41) is 2.19. The standard InChI is InChI=1S/C10H10ClF3N2O2/c1-16(2)9(17)15-6-3-4-8(7(11)5-6)18-10(12,13)14/h3-5H,1-2H3,(H,15,17). The van der Waals surface area contributed by atoms with Crippen molar-refractivity contribution in [2.45, 2.75) is 6.36 Å². The molecular weight excluding hydrogens is 273 g/mol. The highest BCUT2D eigenvalue weighted by Gasteiger charge is 2.32. The van der Waals surface area contributed by atoms with E-state index in [1.807, 2.05) is 0 Å². The van der Waals surface area contributed by atoms with E-state index in [-0.39, 0.29) is 10.7 Å². The van der Waals surface area contributed by atoms with Gasteiger partial charge in [0.05, 0.1) is 5.02 Å². The van der Waals surface area contributed by atoms with Crippen LogP contribution in [-0.4, -0.2) is 31.4 Å². The Hall–Kier alpha value is -1.63. The van der Waals surface area contributed by atoms with Crippen molar-refractivity contribution in [2.75, 3.05) is 19.4 Å². The molecule has 0 spiro atoms. The van der Waals surface area contributed by atoms with Crippen molar-refractivity contribution in [3.8, 4) is 5.75 Å². The van der Waals surface area contributed by atoms with Gasteiger partial charge in [0, 0.05) is 19.8 Å². The molecule has 2 amide bonds. The molecule has 0 heterocycles. The molecule has 0 aromatic heterocycles. The van der Waals surface area contributed by atoms with Crippen LogP contribution >= 0.6 is 11.6 Å². The minimum Gasteiger partial charge on any atom is -0.404 e. The van der Waals surface area contributed by atoms with E-state index in [4.69, 9.17) is 11.6 Å². The van der Waals surface area contributed by atoms with Gasteiger partial charge in [-0.25, -0.2) is 4.79 Å². The van der Waals surface area contributed by atoms with Crippen molar-refractivity contribution >= 4 is 23.3 Å². The Morgan fingerprint density at radius 2 is 2.00 bits per heavy atom. The lowest BCUT2D eigenvalue weighted by Crippen LogP contribution is -2.27. The summed E-state index contributed by atoms with van der Waals surface area (Å²) < 4.78 is 39.6. The predicted molar refractivity (Wildman–Crippen MR) is 60.8 cm³/mol. The number of carbonyl (C=O) groups is 1. The fourth-order valence-electron chi connectivity index (χ4n) is 1.02. The number of nitrogens with one attached hydrogen (secondary N) is 1. The molecule has 0 bridgehead atoms. The number of hydrogen-bond acceptors (Lipinski definition) is 2. The Balaban J connectivity index is 2.83. The maximum Gasteiger partial charge on any atom is 0.573 e. The first-order valence-electron chi connectivity index (χ1n) is 4.72. The van der Waals surface area contributed by atoms with Crippen LogP contribution in [0, 0.1) is 0 Å². The molecule has 0 aliphatic heterocycles. The molecule has 18 heavy (non-hydrogen) atoms. The summed E-state index contributed by atoms with van der Waals surface area (Å²) in [5.74, 6) is -0.521. The normalized spacial score (nSPS) is 11.0. The van der Waals surface area contributed by atoms with Crippen molar-refractivity contribution in [1.29, 1.82) is 0 Å². The lowest BCUT2D eigenvalue weighted by Gasteiger charge is -2.14. The zero-order valence-corrected chi connectivity index (χ0v) is 10.3. The number of carbonyl (C=O) groups excluding carboxylic acids is 1. The predicted octanol–water partition coefficient (Wildman–Crippen LogP) is 3.33. The Morgan fingerprint density at radius 3 is 2.44 bits per heavy atom. The van der Waals surface area contributed by atoms with E-state index in [2.05, 4.69) is 10.1 Å². The smallest absolute Gasteiger partial charge is 0.404 e. The summed E-state index contributed by atoms with van der Waals surface area (Å²) in [7, 11) is 3.05. The molecule has 0 radical (unpaired) electrons. The highest BCUT2D eigenvalue weighted by molar-refractivity contribution is 6.32. The lowest BCUT2D eigenvalue weighted by molar-refractivity contribution is -0.274. The number of benzene rings is 1. The number of alkyl halides is 3. The van der Waals surface area contributed by atoms with Crippen LogP contribution in [0.25, 0.3) is 0 Å². The van der Waals surface area contributed by atoms with Crippen molar-refractivity contribution in [2.24, 2.45) is 0 Å². The van der Waals surface area contributed by atoms with Crippen molar-refractivity contribution in [3.63, 3.8) is 0 Å². The summed E-state index contributed by atoms with van der Waals surface area (Å²) in [6.07, 6.45) is -4.81. The van der Waals surface area contributed by atoms with Gasteiger partial charge >= 0.3 is 12.4 Å². The first-order chi connectivity index (χ1) is 8.19. The summed E-state index contributed by atoms with van der Waals surface area (Å²) in [6, 6.07) is 3.04. The molecule has 1 N–H and O–H groups in total. The molecule has 4 nitrogen and oxygen atoms in total. The van der Waals surface area contributed by atoms with Crippen LogP contribution in [0.3, 0.4) is 0 Å². The fraction of sp³-hybridized carbons (Fsp3) is 0.300. The molecule has 0 saturated carbocycles. The third-order valence-electron chi connectivity index (χ3n) is 1.82. The molecule has 0 aliphatic carbocycles. The number of nitrogens with zero attached hydrogens (tertiary/aromatic N) is 1. The van der Waals surface area contributed by atoms with Gasteiger partial charge in [-0.3, -0.25) is 0 Å². The average Bonchev–Trinajstić information content (AvgIpc) is 2.20. The number of hydrogen-bond donors (Lipinski definition) is 1. The van der Waals surface area contributed by atoms with Crippen LogP contribution in [0.1, 0.15) is 0 Å². The maximum absolute atomic E-state index is 12.0. The zero-order valence-electron chi connectivity index (χ0n) is 9.51. The van der Waals surface area contributed by atoms with Crippen LogP contribution in [0.2, 0.25) is 5.02 Å². The summed E-state index contributed by atoms with van der Waals surface area (Å²) in [5.41, 5.74) is 0.272. The molecule has 0 atom stereocenters. The van der Waals surface area contributed by atoms with Gasteiger partial charge in [0.2, 0.25) is 0 Å². The average molecular weight is 283 g/mol. The van der Waals surface area contributed by atoms with E-state index in [0.717, 1.165) is 6.07 Å².